The Morgan fingerprint density at radius 1 is 1.17 bits per heavy atom. The van der Waals surface area contributed by atoms with E-state index in [-0.39, 0.29) is 23.9 Å². The molecule has 0 radical (unpaired) electrons. The number of halogens is 2. The van der Waals surface area contributed by atoms with Gasteiger partial charge in [0.15, 0.2) is 6.61 Å². The number of nitrogens with zero attached hydrogens (tertiary/aromatic N) is 1. The van der Waals surface area contributed by atoms with Gasteiger partial charge in [0.1, 0.15) is 0 Å². The molecule has 1 atom stereocenters. The largest absolute Gasteiger partial charge is 0.455 e. The maximum Gasteiger partial charge on any atom is 0.311 e. The lowest BCUT2D eigenvalue weighted by atomic mass is 10.1. The molecular weight excluding hydrogens is 415 g/mol. The minimum absolute atomic E-state index is 0.0121. The van der Waals surface area contributed by atoms with Crippen LogP contribution in [0.1, 0.15) is 18.9 Å². The standard InChI is InChI=1S/C21H20Cl2N2O4/c1-2-13-6-8-15(9-7-13)24-18(26)12-29-21(28)14-10-19(27)25(11-14)17-5-3-4-16(22)20(17)23/h3-9,14H,2,10-12H2,1H3,(H,24,26)/t14-/m1/s1. The molecule has 1 heterocycles. The summed E-state index contributed by atoms with van der Waals surface area (Å²) in [6.45, 7) is 1.75. The molecule has 29 heavy (non-hydrogen) atoms. The van der Waals surface area contributed by atoms with E-state index in [1.165, 1.54) is 4.90 Å². The molecule has 0 saturated carbocycles. The van der Waals surface area contributed by atoms with Gasteiger partial charge >= 0.3 is 5.97 Å². The Bertz CT molecular complexity index is 931. The van der Waals surface area contributed by atoms with Crippen LogP contribution in [0.3, 0.4) is 0 Å². The van der Waals surface area contributed by atoms with E-state index in [0.29, 0.717) is 16.4 Å². The molecule has 3 rings (SSSR count). The van der Waals surface area contributed by atoms with Crippen LogP contribution in [0.25, 0.3) is 0 Å². The monoisotopic (exact) mass is 434 g/mol. The first-order valence-electron chi connectivity index (χ1n) is 9.18. The number of nitrogens with one attached hydrogen (secondary N) is 1. The summed E-state index contributed by atoms with van der Waals surface area (Å²) in [5.41, 5.74) is 2.23. The topological polar surface area (TPSA) is 75.7 Å². The molecule has 6 nitrogen and oxygen atoms in total. The van der Waals surface area contributed by atoms with Crippen molar-refractivity contribution in [2.75, 3.05) is 23.4 Å². The molecule has 2 aromatic carbocycles. The molecule has 0 spiro atoms. The lowest BCUT2D eigenvalue weighted by molar-refractivity contribution is -0.151. The SMILES string of the molecule is CCc1ccc(NC(=O)COC(=O)[C@@H]2CC(=O)N(c3cccc(Cl)c3Cl)C2)cc1. The van der Waals surface area contributed by atoms with E-state index in [4.69, 9.17) is 27.9 Å². The van der Waals surface area contributed by atoms with E-state index >= 15 is 0 Å². The molecule has 1 fully saturated rings. The molecular formula is C21H20Cl2N2O4. The zero-order valence-electron chi connectivity index (χ0n) is 15.8. The van der Waals surface area contributed by atoms with Crippen molar-refractivity contribution in [3.63, 3.8) is 0 Å². The van der Waals surface area contributed by atoms with Crippen molar-refractivity contribution >= 4 is 52.4 Å². The highest BCUT2D eigenvalue weighted by atomic mass is 35.5. The first kappa shape index (κ1) is 21.1. The average Bonchev–Trinajstić information content (AvgIpc) is 3.10. The van der Waals surface area contributed by atoms with Crippen LogP contribution in [0.4, 0.5) is 11.4 Å². The van der Waals surface area contributed by atoms with Gasteiger partial charge in [-0.3, -0.25) is 14.4 Å². The number of esters is 1. The van der Waals surface area contributed by atoms with Crippen LogP contribution in [0, 0.1) is 5.92 Å². The molecule has 1 aliphatic rings. The molecule has 2 amide bonds. The number of hydrogen-bond acceptors (Lipinski definition) is 4. The number of ether oxygens (including phenoxy) is 1. The van der Waals surface area contributed by atoms with Crippen LogP contribution in [0.15, 0.2) is 42.5 Å². The predicted molar refractivity (Wildman–Crippen MR) is 112 cm³/mol. The van der Waals surface area contributed by atoms with Crippen molar-refractivity contribution in [1.29, 1.82) is 0 Å². The minimum Gasteiger partial charge on any atom is -0.455 e. The fourth-order valence-electron chi connectivity index (χ4n) is 3.07. The maximum atomic E-state index is 12.3. The van der Waals surface area contributed by atoms with E-state index in [1.54, 1.807) is 30.3 Å². The summed E-state index contributed by atoms with van der Waals surface area (Å²) in [6.07, 6.45) is 0.894. The van der Waals surface area contributed by atoms with Gasteiger partial charge in [-0.1, -0.05) is 48.3 Å². The van der Waals surface area contributed by atoms with Crippen molar-refractivity contribution in [2.45, 2.75) is 19.8 Å². The third kappa shape index (κ3) is 5.08. The first-order valence-corrected chi connectivity index (χ1v) is 9.94. The van der Waals surface area contributed by atoms with Gasteiger partial charge in [0.2, 0.25) is 5.91 Å². The number of benzene rings is 2. The van der Waals surface area contributed by atoms with Crippen LogP contribution in [-0.2, 0) is 25.5 Å². The van der Waals surface area contributed by atoms with Crippen LogP contribution in [0.2, 0.25) is 10.0 Å². The van der Waals surface area contributed by atoms with E-state index in [1.807, 2.05) is 19.1 Å². The Morgan fingerprint density at radius 3 is 2.59 bits per heavy atom. The van der Waals surface area contributed by atoms with Crippen molar-refractivity contribution in [1.82, 2.24) is 0 Å². The summed E-state index contributed by atoms with van der Waals surface area (Å²) in [5, 5.41) is 3.25. The lowest BCUT2D eigenvalue weighted by Crippen LogP contribution is -2.28. The highest BCUT2D eigenvalue weighted by Gasteiger charge is 2.37. The summed E-state index contributed by atoms with van der Waals surface area (Å²) in [4.78, 5) is 38.1. The molecule has 1 saturated heterocycles. The molecule has 152 valence electrons. The first-order chi connectivity index (χ1) is 13.9. The average molecular weight is 435 g/mol. The Kier molecular flexibility index (Phi) is 6.77. The van der Waals surface area contributed by atoms with Crippen LogP contribution in [-0.4, -0.2) is 30.9 Å². The van der Waals surface area contributed by atoms with E-state index in [0.717, 1.165) is 12.0 Å². The highest BCUT2D eigenvalue weighted by Crippen LogP contribution is 2.35. The molecule has 1 aliphatic heterocycles. The number of anilines is 2. The van der Waals surface area contributed by atoms with E-state index < -0.39 is 24.4 Å². The quantitative estimate of drug-likeness (QED) is 0.694. The van der Waals surface area contributed by atoms with Crippen LogP contribution < -0.4 is 10.2 Å². The Labute approximate surface area is 178 Å². The second kappa shape index (κ2) is 9.29. The fraction of sp³-hybridized carbons (Fsp3) is 0.286. The number of carbonyl (C=O) groups is 3. The van der Waals surface area contributed by atoms with Gasteiger partial charge in [0, 0.05) is 18.7 Å². The van der Waals surface area contributed by atoms with Gasteiger partial charge in [-0.25, -0.2) is 0 Å². The van der Waals surface area contributed by atoms with Gasteiger partial charge in [-0.05, 0) is 36.2 Å². The summed E-state index contributed by atoms with van der Waals surface area (Å²) in [5.74, 6) is -1.97. The van der Waals surface area contributed by atoms with Gasteiger partial charge in [-0.15, -0.1) is 0 Å². The Morgan fingerprint density at radius 2 is 1.90 bits per heavy atom. The molecule has 2 aromatic rings. The summed E-state index contributed by atoms with van der Waals surface area (Å²) in [6, 6.07) is 12.4. The van der Waals surface area contributed by atoms with Crippen molar-refractivity contribution in [3.05, 3.63) is 58.1 Å². The van der Waals surface area contributed by atoms with Gasteiger partial charge < -0.3 is 15.0 Å². The van der Waals surface area contributed by atoms with Crippen LogP contribution >= 0.6 is 23.2 Å². The lowest BCUT2D eigenvalue weighted by Gasteiger charge is -2.18. The number of hydrogen-bond donors (Lipinski definition) is 1. The smallest absolute Gasteiger partial charge is 0.311 e. The molecule has 1 N–H and O–H groups in total. The minimum atomic E-state index is -0.672. The summed E-state index contributed by atoms with van der Waals surface area (Å²) < 4.78 is 5.10. The number of aryl methyl sites for hydroxylation is 1. The van der Waals surface area contributed by atoms with Gasteiger partial charge in [-0.2, -0.15) is 0 Å². The third-order valence-corrected chi connectivity index (χ3v) is 5.48. The number of amides is 2. The molecule has 0 bridgehead atoms. The molecule has 8 heteroatoms. The zero-order chi connectivity index (χ0) is 21.0. The third-order valence-electron chi connectivity index (χ3n) is 4.67. The van der Waals surface area contributed by atoms with Crippen molar-refractivity contribution in [3.8, 4) is 0 Å². The van der Waals surface area contributed by atoms with Crippen molar-refractivity contribution in [2.24, 2.45) is 5.92 Å². The Balaban J connectivity index is 1.53. The molecule has 0 aliphatic carbocycles. The van der Waals surface area contributed by atoms with Crippen molar-refractivity contribution < 1.29 is 19.1 Å². The Hall–Kier alpha value is -2.57. The normalized spacial score (nSPS) is 16.0. The second-order valence-electron chi connectivity index (χ2n) is 6.68. The molecule has 0 aromatic heterocycles. The van der Waals surface area contributed by atoms with Gasteiger partial charge in [0.25, 0.3) is 5.91 Å². The maximum absolute atomic E-state index is 12.3. The van der Waals surface area contributed by atoms with Gasteiger partial charge in [0.05, 0.1) is 21.7 Å². The second-order valence-corrected chi connectivity index (χ2v) is 7.47. The summed E-state index contributed by atoms with van der Waals surface area (Å²) in [7, 11) is 0. The van der Waals surface area contributed by atoms with Crippen LogP contribution in [0.5, 0.6) is 0 Å². The number of carbonyl (C=O) groups excluding carboxylic acids is 3. The van der Waals surface area contributed by atoms with E-state index in [9.17, 15) is 14.4 Å². The predicted octanol–water partition coefficient (Wildman–Crippen LogP) is 4.09. The molecule has 0 unspecified atom stereocenters. The van der Waals surface area contributed by atoms with E-state index in [2.05, 4.69) is 5.32 Å². The summed E-state index contributed by atoms with van der Waals surface area (Å²) >= 11 is 12.2. The number of rotatable bonds is 6. The highest BCUT2D eigenvalue weighted by molar-refractivity contribution is 6.44. The fourth-order valence-corrected chi connectivity index (χ4v) is 3.47. The zero-order valence-corrected chi connectivity index (χ0v) is 17.3.